The van der Waals surface area contributed by atoms with Gasteiger partial charge in [0, 0.05) is 15.6 Å². The third kappa shape index (κ3) is 4.42. The van der Waals surface area contributed by atoms with Gasteiger partial charge < -0.3 is 10.1 Å². The predicted molar refractivity (Wildman–Crippen MR) is 130 cm³/mol. The van der Waals surface area contributed by atoms with Crippen LogP contribution in [0.5, 0.6) is 5.75 Å². The zero-order valence-electron chi connectivity index (χ0n) is 18.0. The quantitative estimate of drug-likeness (QED) is 0.425. The number of anilines is 2. The van der Waals surface area contributed by atoms with Crippen molar-refractivity contribution in [2.45, 2.75) is 20.8 Å². The average Bonchev–Trinajstić information content (AvgIpc) is 3.36. The number of nitrogens with zero attached hydrogens (tertiary/aromatic N) is 1. The molecule has 0 fully saturated rings. The summed E-state index contributed by atoms with van der Waals surface area (Å²) in [7, 11) is 0. The molecule has 0 aliphatic carbocycles. The fourth-order valence-corrected chi connectivity index (χ4v) is 4.25. The summed E-state index contributed by atoms with van der Waals surface area (Å²) in [6.07, 6.45) is 0. The van der Waals surface area contributed by atoms with Crippen LogP contribution in [-0.2, 0) is 9.59 Å². The van der Waals surface area contributed by atoms with Gasteiger partial charge in [0.25, 0.3) is 11.8 Å². The molecule has 0 spiro atoms. The Kier molecular flexibility index (Phi) is 6.35. The molecule has 3 aromatic rings. The van der Waals surface area contributed by atoms with Crippen molar-refractivity contribution in [1.29, 1.82) is 0 Å². The molecule has 0 bridgehead atoms. The van der Waals surface area contributed by atoms with Crippen LogP contribution in [0.4, 0.5) is 11.4 Å². The van der Waals surface area contributed by atoms with Crippen LogP contribution in [0.3, 0.4) is 0 Å². The molecule has 164 valence electrons. The monoisotopic (exact) mass is 466 g/mol. The average molecular weight is 467 g/mol. The van der Waals surface area contributed by atoms with Gasteiger partial charge in [-0.2, -0.15) is 0 Å². The fourth-order valence-electron chi connectivity index (χ4n) is 3.30. The Hall–Kier alpha value is -3.09. The molecule has 0 saturated heterocycles. The van der Waals surface area contributed by atoms with Crippen LogP contribution < -0.4 is 15.0 Å². The number of amides is 2. The Bertz CT molecular complexity index is 1180. The number of halogens is 1. The van der Waals surface area contributed by atoms with Crippen molar-refractivity contribution in [2.24, 2.45) is 5.92 Å². The lowest BCUT2D eigenvalue weighted by atomic mass is 10.1. The molecule has 2 heterocycles. The number of benzene rings is 2. The highest BCUT2D eigenvalue weighted by Gasteiger charge is 2.40. The Morgan fingerprint density at radius 3 is 2.44 bits per heavy atom. The maximum Gasteiger partial charge on any atom is 0.282 e. The summed E-state index contributed by atoms with van der Waals surface area (Å²) >= 11 is 7.67. The van der Waals surface area contributed by atoms with Crippen LogP contribution in [0.15, 0.2) is 65.7 Å². The summed E-state index contributed by atoms with van der Waals surface area (Å²) in [4.78, 5) is 28.7. The zero-order valence-corrected chi connectivity index (χ0v) is 19.6. The first-order chi connectivity index (χ1) is 15.3. The number of rotatable bonds is 7. The van der Waals surface area contributed by atoms with Crippen LogP contribution in [-0.4, -0.2) is 18.4 Å². The Balaban J connectivity index is 1.67. The first-order valence-electron chi connectivity index (χ1n) is 10.3. The van der Waals surface area contributed by atoms with Crippen molar-refractivity contribution in [2.75, 3.05) is 16.8 Å². The van der Waals surface area contributed by atoms with Gasteiger partial charge in [0.2, 0.25) is 0 Å². The zero-order chi connectivity index (χ0) is 22.8. The number of ether oxygens (including phenoxy) is 1. The number of imide groups is 1. The number of aryl methyl sites for hydroxylation is 1. The summed E-state index contributed by atoms with van der Waals surface area (Å²) in [5.74, 6) is 0.318. The lowest BCUT2D eigenvalue weighted by Crippen LogP contribution is -2.32. The number of thiophene rings is 1. The van der Waals surface area contributed by atoms with Gasteiger partial charge in [-0.15, -0.1) is 11.3 Å². The van der Waals surface area contributed by atoms with E-state index >= 15 is 0 Å². The highest BCUT2D eigenvalue weighted by molar-refractivity contribution is 7.11. The first-order valence-corrected chi connectivity index (χ1v) is 11.5. The van der Waals surface area contributed by atoms with Crippen molar-refractivity contribution >= 4 is 51.7 Å². The number of nitrogens with one attached hydrogen (secondary N) is 1. The molecule has 1 aliphatic heterocycles. The largest absolute Gasteiger partial charge is 0.493 e. The summed E-state index contributed by atoms with van der Waals surface area (Å²) in [5, 5.41) is 5.60. The molecule has 2 aromatic carbocycles. The van der Waals surface area contributed by atoms with E-state index in [1.165, 1.54) is 16.2 Å². The topological polar surface area (TPSA) is 58.6 Å². The molecule has 0 atom stereocenters. The molecule has 1 N–H and O–H groups in total. The standard InChI is InChI=1S/C25H23ClN2O3S/c1-15(2)14-31-19-10-8-18(9-11-19)28-24(29)22(21-5-4-12-32-21)23(25(28)30)27-17-7-6-16(3)20(26)13-17/h4-13,15,27H,14H2,1-3H3. The molecule has 32 heavy (non-hydrogen) atoms. The minimum absolute atomic E-state index is 0.234. The van der Waals surface area contributed by atoms with E-state index in [1.807, 2.05) is 36.6 Å². The summed E-state index contributed by atoms with van der Waals surface area (Å²) in [6, 6.07) is 16.1. The summed E-state index contributed by atoms with van der Waals surface area (Å²) < 4.78 is 5.72. The molecule has 5 nitrogen and oxygen atoms in total. The molecule has 1 aromatic heterocycles. The lowest BCUT2D eigenvalue weighted by Gasteiger charge is -2.16. The van der Waals surface area contributed by atoms with E-state index in [9.17, 15) is 9.59 Å². The SMILES string of the molecule is Cc1ccc(NC2=C(c3cccs3)C(=O)N(c3ccc(OCC(C)C)cc3)C2=O)cc1Cl. The minimum Gasteiger partial charge on any atom is -0.493 e. The maximum absolute atomic E-state index is 13.4. The molecule has 7 heteroatoms. The molecule has 0 saturated carbocycles. The van der Waals surface area contributed by atoms with Crippen molar-refractivity contribution in [1.82, 2.24) is 0 Å². The van der Waals surface area contributed by atoms with Gasteiger partial charge >= 0.3 is 0 Å². The van der Waals surface area contributed by atoms with Gasteiger partial charge in [0.1, 0.15) is 11.4 Å². The van der Waals surface area contributed by atoms with Crippen LogP contribution in [0.25, 0.3) is 5.57 Å². The fraction of sp³-hybridized carbons (Fsp3) is 0.200. The number of hydrogen-bond donors (Lipinski definition) is 1. The smallest absolute Gasteiger partial charge is 0.282 e. The molecule has 0 unspecified atom stereocenters. The molecule has 1 aliphatic rings. The Labute approximate surface area is 196 Å². The van der Waals surface area contributed by atoms with Gasteiger partial charge in [-0.25, -0.2) is 4.90 Å². The highest BCUT2D eigenvalue weighted by Crippen LogP contribution is 2.36. The third-order valence-corrected chi connectivity index (χ3v) is 6.27. The van der Waals surface area contributed by atoms with Gasteiger partial charge in [-0.05, 0) is 66.2 Å². The Morgan fingerprint density at radius 2 is 1.81 bits per heavy atom. The van der Waals surface area contributed by atoms with Gasteiger partial charge in [-0.3, -0.25) is 9.59 Å². The lowest BCUT2D eigenvalue weighted by molar-refractivity contribution is -0.120. The second-order valence-corrected chi connectivity index (χ2v) is 9.32. The van der Waals surface area contributed by atoms with Crippen molar-refractivity contribution in [3.8, 4) is 5.75 Å². The maximum atomic E-state index is 13.4. The van der Waals surface area contributed by atoms with Gasteiger partial charge in [0.15, 0.2) is 0 Å². The van der Waals surface area contributed by atoms with Crippen LogP contribution in [0, 0.1) is 12.8 Å². The van der Waals surface area contributed by atoms with E-state index in [-0.39, 0.29) is 11.6 Å². The van der Waals surface area contributed by atoms with Crippen LogP contribution in [0.2, 0.25) is 5.02 Å². The van der Waals surface area contributed by atoms with Crippen molar-refractivity contribution in [3.05, 3.63) is 81.1 Å². The highest BCUT2D eigenvalue weighted by atomic mass is 35.5. The van der Waals surface area contributed by atoms with E-state index in [0.717, 1.165) is 10.4 Å². The van der Waals surface area contributed by atoms with E-state index in [0.29, 0.717) is 40.2 Å². The molecule has 4 rings (SSSR count). The number of carbonyl (C=O) groups excluding carboxylic acids is 2. The van der Waals surface area contributed by atoms with Gasteiger partial charge in [-0.1, -0.05) is 37.6 Å². The minimum atomic E-state index is -0.411. The second-order valence-electron chi connectivity index (χ2n) is 7.96. The van der Waals surface area contributed by atoms with Crippen LogP contribution >= 0.6 is 22.9 Å². The molecular formula is C25H23ClN2O3S. The first kappa shape index (κ1) is 22.1. The molecule has 0 radical (unpaired) electrons. The molecule has 2 amide bonds. The summed E-state index contributed by atoms with van der Waals surface area (Å²) in [6.45, 7) is 6.65. The van der Waals surface area contributed by atoms with Crippen molar-refractivity contribution < 1.29 is 14.3 Å². The number of carbonyl (C=O) groups is 2. The second kappa shape index (κ2) is 9.18. The predicted octanol–water partition coefficient (Wildman–Crippen LogP) is 6.14. The van der Waals surface area contributed by atoms with Gasteiger partial charge in [0.05, 0.1) is 17.9 Å². The van der Waals surface area contributed by atoms with E-state index in [2.05, 4.69) is 19.2 Å². The van der Waals surface area contributed by atoms with E-state index in [1.54, 1.807) is 30.3 Å². The normalized spacial score (nSPS) is 14.0. The van der Waals surface area contributed by atoms with Crippen molar-refractivity contribution in [3.63, 3.8) is 0 Å². The summed E-state index contributed by atoms with van der Waals surface area (Å²) in [5.41, 5.74) is 2.65. The van der Waals surface area contributed by atoms with Crippen LogP contribution in [0.1, 0.15) is 24.3 Å². The number of hydrogen-bond acceptors (Lipinski definition) is 5. The van der Waals surface area contributed by atoms with E-state index < -0.39 is 5.91 Å². The molecular weight excluding hydrogens is 444 g/mol. The van der Waals surface area contributed by atoms with E-state index in [4.69, 9.17) is 16.3 Å². The third-order valence-electron chi connectivity index (χ3n) is 4.97. The Morgan fingerprint density at radius 1 is 1.06 bits per heavy atom.